The van der Waals surface area contributed by atoms with Crippen LogP contribution in [0, 0.1) is 0 Å². The van der Waals surface area contributed by atoms with E-state index in [1.165, 1.54) is 22.9 Å². The van der Waals surface area contributed by atoms with Crippen molar-refractivity contribution in [2.24, 2.45) is 0 Å². The third kappa shape index (κ3) is 1.90. The van der Waals surface area contributed by atoms with Gasteiger partial charge in [0.2, 0.25) is 5.82 Å². The van der Waals surface area contributed by atoms with Crippen LogP contribution < -0.4 is 0 Å². The average Bonchev–Trinajstić information content (AvgIpc) is 2.91. The predicted octanol–water partition coefficient (Wildman–Crippen LogP) is 2.47. The molecule has 0 aliphatic rings. The Morgan fingerprint density at radius 2 is 2.00 bits per heavy atom. The number of aromatic amines is 1. The van der Waals surface area contributed by atoms with Gasteiger partial charge in [-0.3, -0.25) is 9.67 Å². The zero-order valence-corrected chi connectivity index (χ0v) is 9.31. The summed E-state index contributed by atoms with van der Waals surface area (Å²) >= 11 is 0. The van der Waals surface area contributed by atoms with Crippen LogP contribution in [0.3, 0.4) is 0 Å². The lowest BCUT2D eigenvalue weighted by Crippen LogP contribution is -2.07. The quantitative estimate of drug-likeness (QED) is 0.712. The molecule has 1 aromatic carbocycles. The number of nitrogens with one attached hydrogen (secondary N) is 1. The number of halogens is 3. The summed E-state index contributed by atoms with van der Waals surface area (Å²) in [4.78, 5) is 3.41. The standard InChI is InChI=1S/C11H7F3N4O/c12-11(13,14)9-15-10(17-16-9)18-4-3-6-5-7(19)1-2-8(6)18/h1-5,19H,(H,15,16,17). The number of rotatable bonds is 1. The van der Waals surface area contributed by atoms with E-state index in [0.717, 1.165) is 0 Å². The summed E-state index contributed by atoms with van der Waals surface area (Å²) in [5, 5.41) is 15.4. The van der Waals surface area contributed by atoms with Gasteiger partial charge < -0.3 is 5.11 Å². The van der Waals surface area contributed by atoms with E-state index in [4.69, 9.17) is 0 Å². The molecular formula is C11H7F3N4O. The number of hydrogen-bond donors (Lipinski definition) is 2. The largest absolute Gasteiger partial charge is 0.508 e. The lowest BCUT2D eigenvalue weighted by molar-refractivity contribution is -0.144. The third-order valence-corrected chi connectivity index (χ3v) is 2.63. The maximum absolute atomic E-state index is 12.4. The molecule has 0 spiro atoms. The van der Waals surface area contributed by atoms with Crippen molar-refractivity contribution in [1.82, 2.24) is 19.7 Å². The summed E-state index contributed by atoms with van der Waals surface area (Å²) in [5.41, 5.74) is 0.602. The molecular weight excluding hydrogens is 261 g/mol. The Morgan fingerprint density at radius 1 is 1.21 bits per heavy atom. The molecule has 0 saturated heterocycles. The van der Waals surface area contributed by atoms with Gasteiger partial charge in [-0.15, -0.1) is 5.10 Å². The zero-order chi connectivity index (χ0) is 13.6. The van der Waals surface area contributed by atoms with E-state index in [0.29, 0.717) is 10.9 Å². The number of phenolic OH excluding ortho intramolecular Hbond substituents is 1. The lowest BCUT2D eigenvalue weighted by Gasteiger charge is -2.00. The molecule has 19 heavy (non-hydrogen) atoms. The predicted molar refractivity (Wildman–Crippen MR) is 59.9 cm³/mol. The Hall–Kier alpha value is -2.51. The Bertz CT molecular complexity index is 744. The summed E-state index contributed by atoms with van der Waals surface area (Å²) < 4.78 is 38.7. The van der Waals surface area contributed by atoms with Crippen LogP contribution in [0.2, 0.25) is 0 Å². The van der Waals surface area contributed by atoms with Crippen molar-refractivity contribution in [1.29, 1.82) is 0 Å². The van der Waals surface area contributed by atoms with Crippen LogP contribution in [0.25, 0.3) is 16.9 Å². The Labute approximate surface area is 104 Å². The minimum absolute atomic E-state index is 0.0798. The van der Waals surface area contributed by atoms with Crippen molar-refractivity contribution >= 4 is 10.9 Å². The summed E-state index contributed by atoms with van der Waals surface area (Å²) in [6.07, 6.45) is -3.03. The molecule has 0 saturated carbocycles. The average molecular weight is 268 g/mol. The number of aromatic nitrogens is 4. The summed E-state index contributed by atoms with van der Waals surface area (Å²) in [6, 6.07) is 6.17. The minimum Gasteiger partial charge on any atom is -0.508 e. The molecule has 98 valence electrons. The number of H-pyrrole nitrogens is 1. The second-order valence-electron chi connectivity index (χ2n) is 3.91. The molecule has 3 rings (SSSR count). The molecule has 0 radical (unpaired) electrons. The Kier molecular flexibility index (Phi) is 2.28. The van der Waals surface area contributed by atoms with E-state index >= 15 is 0 Å². The minimum atomic E-state index is -4.56. The molecule has 5 nitrogen and oxygen atoms in total. The van der Waals surface area contributed by atoms with E-state index in [9.17, 15) is 18.3 Å². The number of hydrogen-bond acceptors (Lipinski definition) is 3. The fraction of sp³-hybridized carbons (Fsp3) is 0.0909. The molecule has 8 heteroatoms. The number of benzene rings is 1. The van der Waals surface area contributed by atoms with Crippen LogP contribution in [-0.2, 0) is 6.18 Å². The van der Waals surface area contributed by atoms with Crippen LogP contribution in [0.5, 0.6) is 5.75 Å². The first-order chi connectivity index (χ1) is 8.95. The van der Waals surface area contributed by atoms with Crippen molar-refractivity contribution in [2.75, 3.05) is 0 Å². The van der Waals surface area contributed by atoms with Crippen molar-refractivity contribution in [3.8, 4) is 11.7 Å². The SMILES string of the molecule is Oc1ccc2c(ccn2-c2n[nH]c(C(F)(F)F)n2)c1. The molecule has 0 fully saturated rings. The first-order valence-corrected chi connectivity index (χ1v) is 5.25. The molecule has 0 aliphatic heterocycles. The lowest BCUT2D eigenvalue weighted by atomic mass is 10.2. The van der Waals surface area contributed by atoms with Gasteiger partial charge in [0.1, 0.15) is 5.75 Å². The maximum Gasteiger partial charge on any atom is 0.451 e. The number of nitrogens with zero attached hydrogens (tertiary/aromatic N) is 3. The second kappa shape index (κ2) is 3.74. The van der Waals surface area contributed by atoms with E-state index in [2.05, 4.69) is 10.1 Å². The summed E-state index contributed by atoms with van der Waals surface area (Å²) in [5.74, 6) is -1.17. The highest BCUT2D eigenvalue weighted by molar-refractivity contribution is 5.82. The van der Waals surface area contributed by atoms with Crippen molar-refractivity contribution in [3.63, 3.8) is 0 Å². The van der Waals surface area contributed by atoms with Gasteiger partial charge in [-0.1, -0.05) is 0 Å². The molecule has 2 heterocycles. The fourth-order valence-corrected chi connectivity index (χ4v) is 1.79. The zero-order valence-electron chi connectivity index (χ0n) is 9.31. The van der Waals surface area contributed by atoms with Crippen LogP contribution >= 0.6 is 0 Å². The molecule has 2 aromatic heterocycles. The first kappa shape index (κ1) is 11.6. The van der Waals surface area contributed by atoms with Crippen molar-refractivity contribution in [2.45, 2.75) is 6.18 Å². The van der Waals surface area contributed by atoms with Gasteiger partial charge in [0, 0.05) is 11.6 Å². The van der Waals surface area contributed by atoms with Gasteiger partial charge in [-0.2, -0.15) is 18.2 Å². The third-order valence-electron chi connectivity index (χ3n) is 2.63. The highest BCUT2D eigenvalue weighted by atomic mass is 19.4. The summed E-state index contributed by atoms with van der Waals surface area (Å²) in [6.45, 7) is 0. The monoisotopic (exact) mass is 268 g/mol. The highest BCUT2D eigenvalue weighted by Crippen LogP contribution is 2.27. The number of fused-ring (bicyclic) bond motifs is 1. The van der Waals surface area contributed by atoms with Crippen LogP contribution in [0.1, 0.15) is 5.82 Å². The molecule has 0 amide bonds. The van der Waals surface area contributed by atoms with Gasteiger partial charge in [0.15, 0.2) is 0 Å². The van der Waals surface area contributed by atoms with E-state index < -0.39 is 12.0 Å². The van der Waals surface area contributed by atoms with Crippen LogP contribution in [-0.4, -0.2) is 24.9 Å². The van der Waals surface area contributed by atoms with Crippen LogP contribution in [0.15, 0.2) is 30.5 Å². The maximum atomic E-state index is 12.4. The fourth-order valence-electron chi connectivity index (χ4n) is 1.79. The molecule has 0 atom stereocenters. The number of aromatic hydroxyl groups is 1. The first-order valence-electron chi connectivity index (χ1n) is 5.25. The molecule has 0 aliphatic carbocycles. The second-order valence-corrected chi connectivity index (χ2v) is 3.91. The summed E-state index contributed by atoms with van der Waals surface area (Å²) in [7, 11) is 0. The van der Waals surface area contributed by atoms with Crippen molar-refractivity contribution in [3.05, 3.63) is 36.3 Å². The van der Waals surface area contributed by atoms with E-state index in [1.54, 1.807) is 12.1 Å². The van der Waals surface area contributed by atoms with Crippen molar-refractivity contribution < 1.29 is 18.3 Å². The molecule has 2 N–H and O–H groups in total. The van der Waals surface area contributed by atoms with Gasteiger partial charge in [0.25, 0.3) is 5.95 Å². The van der Waals surface area contributed by atoms with Gasteiger partial charge >= 0.3 is 6.18 Å². The van der Waals surface area contributed by atoms with E-state index in [1.807, 2.05) is 5.10 Å². The van der Waals surface area contributed by atoms with Gasteiger partial charge in [-0.05, 0) is 24.3 Å². The normalized spacial score (nSPS) is 12.2. The number of alkyl halides is 3. The molecule has 0 unspecified atom stereocenters. The Morgan fingerprint density at radius 3 is 2.68 bits per heavy atom. The van der Waals surface area contributed by atoms with Crippen LogP contribution in [0.4, 0.5) is 13.2 Å². The smallest absolute Gasteiger partial charge is 0.451 e. The molecule has 0 bridgehead atoms. The van der Waals surface area contributed by atoms with E-state index in [-0.39, 0.29) is 11.7 Å². The topological polar surface area (TPSA) is 66.7 Å². The Balaban J connectivity index is 2.12. The van der Waals surface area contributed by atoms with Gasteiger partial charge in [-0.25, -0.2) is 0 Å². The number of phenols is 1. The van der Waals surface area contributed by atoms with Gasteiger partial charge in [0.05, 0.1) is 5.52 Å². The highest BCUT2D eigenvalue weighted by Gasteiger charge is 2.35. The molecule has 3 aromatic rings.